The molecule has 0 aromatic rings. The molecular formula is C45H78NO8P. The maximum atomic E-state index is 12.5. The fraction of sp³-hybridized carbons (Fsp3) is 0.667. The molecule has 0 amide bonds. The van der Waals surface area contributed by atoms with Crippen LogP contribution < -0.4 is 5.73 Å². The summed E-state index contributed by atoms with van der Waals surface area (Å²) >= 11 is 0. The number of rotatable bonds is 39. The van der Waals surface area contributed by atoms with Crippen molar-refractivity contribution in [1.82, 2.24) is 0 Å². The highest BCUT2D eigenvalue weighted by atomic mass is 31.2. The van der Waals surface area contributed by atoms with Crippen molar-refractivity contribution in [1.29, 1.82) is 0 Å². The zero-order chi connectivity index (χ0) is 40.3. The number of hydrogen-bond acceptors (Lipinski definition) is 8. The third-order valence-corrected chi connectivity index (χ3v) is 9.47. The summed E-state index contributed by atoms with van der Waals surface area (Å²) in [6.07, 6.45) is 50.1. The van der Waals surface area contributed by atoms with Gasteiger partial charge >= 0.3 is 13.8 Å². The molecular weight excluding hydrogens is 713 g/mol. The van der Waals surface area contributed by atoms with Crippen LogP contribution in [0.15, 0.2) is 85.3 Å². The first-order valence-corrected chi connectivity index (χ1v) is 22.7. The Morgan fingerprint density at radius 3 is 1.85 bits per heavy atom. The van der Waals surface area contributed by atoms with Gasteiger partial charge in [-0.1, -0.05) is 170 Å². The summed E-state index contributed by atoms with van der Waals surface area (Å²) < 4.78 is 33.0. The first-order valence-electron chi connectivity index (χ1n) is 21.2. The van der Waals surface area contributed by atoms with Crippen LogP contribution in [0, 0.1) is 0 Å². The second kappa shape index (κ2) is 41.1. The monoisotopic (exact) mass is 792 g/mol. The van der Waals surface area contributed by atoms with Crippen molar-refractivity contribution in [3.05, 3.63) is 85.3 Å². The third-order valence-electron chi connectivity index (χ3n) is 8.48. The van der Waals surface area contributed by atoms with Crippen molar-refractivity contribution in [3.8, 4) is 0 Å². The molecule has 3 atom stereocenters. The van der Waals surface area contributed by atoms with Gasteiger partial charge in [0, 0.05) is 13.0 Å². The molecule has 0 aliphatic heterocycles. The Morgan fingerprint density at radius 2 is 1.25 bits per heavy atom. The van der Waals surface area contributed by atoms with E-state index in [1.807, 2.05) is 36.5 Å². The lowest BCUT2D eigenvalue weighted by Gasteiger charge is -2.19. The zero-order valence-corrected chi connectivity index (χ0v) is 35.4. The molecule has 0 aliphatic rings. The smallest absolute Gasteiger partial charge is 0.472 e. The Morgan fingerprint density at radius 1 is 0.673 bits per heavy atom. The van der Waals surface area contributed by atoms with E-state index in [0.29, 0.717) is 12.8 Å². The van der Waals surface area contributed by atoms with Gasteiger partial charge in [-0.25, -0.2) is 4.57 Å². The second-order valence-electron chi connectivity index (χ2n) is 13.7. The van der Waals surface area contributed by atoms with Gasteiger partial charge in [0.15, 0.2) is 6.10 Å². The van der Waals surface area contributed by atoms with Crippen LogP contribution >= 0.6 is 7.82 Å². The van der Waals surface area contributed by atoms with E-state index in [4.69, 9.17) is 24.3 Å². The molecule has 0 saturated heterocycles. The maximum Gasteiger partial charge on any atom is 0.472 e. The number of nitrogens with two attached hydrogens (primary N) is 1. The van der Waals surface area contributed by atoms with Crippen molar-refractivity contribution in [2.75, 3.05) is 26.4 Å². The van der Waals surface area contributed by atoms with Crippen molar-refractivity contribution >= 4 is 13.8 Å². The Hall–Kier alpha value is -2.52. The van der Waals surface area contributed by atoms with E-state index in [1.54, 1.807) is 12.3 Å². The van der Waals surface area contributed by atoms with Gasteiger partial charge in [0.05, 0.1) is 25.6 Å². The molecule has 316 valence electrons. The van der Waals surface area contributed by atoms with Crippen LogP contribution in [0.25, 0.3) is 0 Å². The van der Waals surface area contributed by atoms with Crippen molar-refractivity contribution in [2.24, 2.45) is 5.73 Å². The average molecular weight is 792 g/mol. The minimum Gasteiger partial charge on any atom is -0.498 e. The first-order chi connectivity index (χ1) is 26.8. The highest BCUT2D eigenvalue weighted by Gasteiger charge is 2.25. The number of aliphatic hydroxyl groups is 1. The number of hydrogen-bond donors (Lipinski definition) is 3. The molecule has 10 heteroatoms. The van der Waals surface area contributed by atoms with Gasteiger partial charge in [0.2, 0.25) is 0 Å². The molecule has 4 N–H and O–H groups in total. The van der Waals surface area contributed by atoms with Gasteiger partial charge < -0.3 is 25.2 Å². The molecule has 0 aromatic carbocycles. The van der Waals surface area contributed by atoms with E-state index in [9.17, 15) is 19.4 Å². The molecule has 0 aliphatic carbocycles. The third kappa shape index (κ3) is 40.9. The van der Waals surface area contributed by atoms with E-state index >= 15 is 0 Å². The Balaban J connectivity index is 4.34. The quantitative estimate of drug-likeness (QED) is 0.0139. The summed E-state index contributed by atoms with van der Waals surface area (Å²) in [5, 5.41) is 10.2. The Bertz CT molecular complexity index is 1130. The van der Waals surface area contributed by atoms with Crippen LogP contribution in [-0.2, 0) is 27.9 Å². The van der Waals surface area contributed by atoms with Crippen LogP contribution in [0.1, 0.15) is 155 Å². The van der Waals surface area contributed by atoms with Gasteiger partial charge in [0.25, 0.3) is 0 Å². The summed E-state index contributed by atoms with van der Waals surface area (Å²) in [4.78, 5) is 22.4. The van der Waals surface area contributed by atoms with Gasteiger partial charge in [-0.3, -0.25) is 13.8 Å². The molecule has 55 heavy (non-hydrogen) atoms. The summed E-state index contributed by atoms with van der Waals surface area (Å²) in [6.45, 7) is 3.91. The molecule has 0 fully saturated rings. The van der Waals surface area contributed by atoms with Crippen molar-refractivity contribution in [3.63, 3.8) is 0 Å². The molecule has 3 unspecified atom stereocenters. The molecule has 0 bridgehead atoms. The minimum absolute atomic E-state index is 0.0362. The first kappa shape index (κ1) is 52.5. The molecule has 0 rings (SSSR count). The van der Waals surface area contributed by atoms with Gasteiger partial charge in [0.1, 0.15) is 6.61 Å². The lowest BCUT2D eigenvalue weighted by Crippen LogP contribution is -2.27. The maximum absolute atomic E-state index is 12.5. The lowest BCUT2D eigenvalue weighted by molar-refractivity contribution is -0.153. The van der Waals surface area contributed by atoms with E-state index in [-0.39, 0.29) is 32.8 Å². The number of phosphoric ester groups is 1. The van der Waals surface area contributed by atoms with E-state index in [1.165, 1.54) is 83.5 Å². The fourth-order valence-electron chi connectivity index (χ4n) is 5.37. The number of ether oxygens (including phenoxy) is 2. The molecule has 0 aromatic heterocycles. The van der Waals surface area contributed by atoms with Crippen molar-refractivity contribution < 1.29 is 37.9 Å². The number of phosphoric acid groups is 1. The highest BCUT2D eigenvalue weighted by molar-refractivity contribution is 7.47. The molecule has 9 nitrogen and oxygen atoms in total. The molecule has 0 saturated carbocycles. The summed E-state index contributed by atoms with van der Waals surface area (Å²) in [5.41, 5.74) is 5.35. The predicted octanol–water partition coefficient (Wildman–Crippen LogP) is 11.8. The largest absolute Gasteiger partial charge is 0.498 e. The lowest BCUT2D eigenvalue weighted by atomic mass is 10.0. The number of unbranched alkanes of at least 4 members (excludes halogenated alkanes) is 14. The number of carbonyl (C=O) groups is 1. The Kier molecular flexibility index (Phi) is 39.2. The number of carbonyl (C=O) groups excluding carboxylic acids is 1. The van der Waals surface area contributed by atoms with Gasteiger partial charge in [-0.05, 0) is 57.4 Å². The van der Waals surface area contributed by atoms with Crippen molar-refractivity contribution in [2.45, 2.75) is 167 Å². The number of esters is 1. The normalized spacial score (nSPS) is 14.9. The van der Waals surface area contributed by atoms with Crippen LogP contribution in [0.5, 0.6) is 0 Å². The standard InChI is InChI=1S/C45H78NO8P/c1-3-5-7-9-11-13-15-17-18-19-21-23-25-27-29-34-39-51-41-44(42-53-55(49,50)52-40-38-46)54-45(48)37-33-30-32-36-43(47)35-31-28-26-24-22-20-16-14-12-10-8-6-4-2/h6,8,12,14,20,22,26,28,30-32,34-35,39,43-44,47H,3-5,7,9-11,13,15-19,21,23-25,27,29,33,36-38,40-42,46H2,1-2H3,(H,49,50). The van der Waals surface area contributed by atoms with E-state index < -0.39 is 26.0 Å². The van der Waals surface area contributed by atoms with Crippen LogP contribution in [0.4, 0.5) is 0 Å². The number of aliphatic hydroxyl groups excluding tert-OH is 1. The number of allylic oxidation sites excluding steroid dienone is 11. The summed E-state index contributed by atoms with van der Waals surface area (Å²) in [6, 6.07) is 0. The molecule has 0 radical (unpaired) electrons. The van der Waals surface area contributed by atoms with E-state index in [0.717, 1.165) is 38.5 Å². The SMILES string of the molecule is CCC=CCC=CCC=CCC=CC=CC(O)CC=CCCC(=O)OC(COC=CCCCCCCCCCCCCCCCC)COP(=O)(O)OCCN. The van der Waals surface area contributed by atoms with Gasteiger partial charge in [-0.15, -0.1) is 0 Å². The highest BCUT2D eigenvalue weighted by Crippen LogP contribution is 2.43. The predicted molar refractivity (Wildman–Crippen MR) is 230 cm³/mol. The zero-order valence-electron chi connectivity index (χ0n) is 34.5. The summed E-state index contributed by atoms with van der Waals surface area (Å²) in [5.74, 6) is -0.497. The second-order valence-corrected chi connectivity index (χ2v) is 15.2. The average Bonchev–Trinajstić information content (AvgIpc) is 3.17. The van der Waals surface area contributed by atoms with Crippen LogP contribution in [0.3, 0.4) is 0 Å². The van der Waals surface area contributed by atoms with Crippen LogP contribution in [-0.4, -0.2) is 54.5 Å². The topological polar surface area (TPSA) is 138 Å². The molecule has 0 spiro atoms. The van der Waals surface area contributed by atoms with Crippen LogP contribution in [0.2, 0.25) is 0 Å². The molecule has 0 heterocycles. The van der Waals surface area contributed by atoms with Gasteiger partial charge in [-0.2, -0.15) is 0 Å². The van der Waals surface area contributed by atoms with E-state index in [2.05, 4.69) is 50.3 Å². The minimum atomic E-state index is -4.34. The Labute approximate surface area is 335 Å². The summed E-state index contributed by atoms with van der Waals surface area (Å²) in [7, 11) is -4.34. The fourth-order valence-corrected chi connectivity index (χ4v) is 6.13.